The summed E-state index contributed by atoms with van der Waals surface area (Å²) in [4.78, 5) is 12.7. The van der Waals surface area contributed by atoms with Gasteiger partial charge in [-0.25, -0.2) is 0 Å². The van der Waals surface area contributed by atoms with E-state index in [9.17, 15) is 4.79 Å². The van der Waals surface area contributed by atoms with E-state index in [2.05, 4.69) is 30.4 Å². The fourth-order valence-corrected chi connectivity index (χ4v) is 3.54. The number of hydrogen-bond donors (Lipinski definition) is 1. The minimum atomic E-state index is -0.473. The van der Waals surface area contributed by atoms with E-state index in [-0.39, 0.29) is 11.9 Å². The number of amides is 1. The predicted molar refractivity (Wildman–Crippen MR) is 106 cm³/mol. The number of ether oxygens (including phenoxy) is 1. The minimum absolute atomic E-state index is 0.0199. The minimum Gasteiger partial charge on any atom is -0.481 e. The molecule has 0 bridgehead atoms. The van der Waals surface area contributed by atoms with Crippen molar-refractivity contribution in [3.05, 3.63) is 64.7 Å². The predicted octanol–water partition coefficient (Wildman–Crippen LogP) is 4.77. The zero-order valence-electron chi connectivity index (χ0n) is 16.0. The smallest absolute Gasteiger partial charge is 0.261 e. The first-order valence-corrected chi connectivity index (χ1v) is 9.78. The molecule has 26 heavy (non-hydrogen) atoms. The highest BCUT2D eigenvalue weighted by atomic mass is 16.5. The van der Waals surface area contributed by atoms with Crippen LogP contribution in [0.4, 0.5) is 0 Å². The molecule has 0 radical (unpaired) electrons. The summed E-state index contributed by atoms with van der Waals surface area (Å²) in [6, 6.07) is 14.6. The molecule has 3 rings (SSSR count). The van der Waals surface area contributed by atoms with E-state index in [0.717, 1.165) is 18.6 Å². The molecule has 0 heterocycles. The first-order chi connectivity index (χ1) is 12.6. The highest BCUT2D eigenvalue weighted by Gasteiger charge is 2.21. The van der Waals surface area contributed by atoms with Crippen molar-refractivity contribution in [2.24, 2.45) is 0 Å². The van der Waals surface area contributed by atoms with Gasteiger partial charge in [0.15, 0.2) is 6.10 Å². The Morgan fingerprint density at radius 3 is 2.50 bits per heavy atom. The van der Waals surface area contributed by atoms with Gasteiger partial charge in [0.1, 0.15) is 5.75 Å². The maximum Gasteiger partial charge on any atom is 0.261 e. The lowest BCUT2D eigenvalue weighted by molar-refractivity contribution is -0.128. The maximum absolute atomic E-state index is 12.7. The average molecular weight is 351 g/mol. The molecule has 0 aliphatic heterocycles. The molecule has 0 spiro atoms. The Balaban J connectivity index is 1.62. The standard InChI is InChI=1S/C23H29NO2/c1-4-17-9-13-21(14-10-17)26-22(5-2)23(25)24-16(3)19-12-11-18-7-6-8-20(18)15-19/h9-16,22H,4-8H2,1-3H3,(H,24,25)/t16-,22-/m1/s1. The third kappa shape index (κ3) is 4.27. The number of carbonyl (C=O) groups is 1. The van der Waals surface area contributed by atoms with Gasteiger partial charge in [-0.2, -0.15) is 0 Å². The van der Waals surface area contributed by atoms with Crippen molar-refractivity contribution in [2.75, 3.05) is 0 Å². The monoisotopic (exact) mass is 351 g/mol. The molecule has 138 valence electrons. The number of aryl methyl sites for hydroxylation is 3. The number of benzene rings is 2. The number of fused-ring (bicyclic) bond motifs is 1. The van der Waals surface area contributed by atoms with Crippen LogP contribution in [0.5, 0.6) is 5.75 Å². The van der Waals surface area contributed by atoms with E-state index in [1.807, 2.05) is 38.1 Å². The second kappa shape index (κ2) is 8.39. The van der Waals surface area contributed by atoms with Crippen molar-refractivity contribution in [2.45, 2.75) is 65.0 Å². The summed E-state index contributed by atoms with van der Waals surface area (Å²) in [7, 11) is 0. The van der Waals surface area contributed by atoms with E-state index < -0.39 is 6.10 Å². The van der Waals surface area contributed by atoms with Gasteiger partial charge in [-0.1, -0.05) is 44.2 Å². The molecule has 1 N–H and O–H groups in total. The molecule has 0 aromatic heterocycles. The average Bonchev–Trinajstić information content (AvgIpc) is 3.14. The van der Waals surface area contributed by atoms with Gasteiger partial charge in [-0.3, -0.25) is 4.79 Å². The third-order valence-corrected chi connectivity index (χ3v) is 5.25. The van der Waals surface area contributed by atoms with Gasteiger partial charge < -0.3 is 10.1 Å². The van der Waals surface area contributed by atoms with Crippen molar-refractivity contribution in [1.29, 1.82) is 0 Å². The van der Waals surface area contributed by atoms with Gasteiger partial charge in [-0.15, -0.1) is 0 Å². The van der Waals surface area contributed by atoms with Gasteiger partial charge in [0.2, 0.25) is 0 Å². The summed E-state index contributed by atoms with van der Waals surface area (Å²) < 4.78 is 5.92. The van der Waals surface area contributed by atoms with Crippen LogP contribution in [-0.2, 0) is 24.1 Å². The van der Waals surface area contributed by atoms with Crippen molar-refractivity contribution in [3.63, 3.8) is 0 Å². The summed E-state index contributed by atoms with van der Waals surface area (Å²) >= 11 is 0. The van der Waals surface area contributed by atoms with Crippen LogP contribution in [0, 0.1) is 0 Å². The summed E-state index contributed by atoms with van der Waals surface area (Å²) in [5.41, 5.74) is 5.32. The fourth-order valence-electron chi connectivity index (χ4n) is 3.54. The van der Waals surface area contributed by atoms with Gasteiger partial charge in [0.05, 0.1) is 6.04 Å². The Morgan fingerprint density at radius 2 is 1.81 bits per heavy atom. The summed E-state index contributed by atoms with van der Waals surface area (Å²) in [5.74, 6) is 0.689. The van der Waals surface area contributed by atoms with Crippen LogP contribution in [-0.4, -0.2) is 12.0 Å². The number of carbonyl (C=O) groups excluding carboxylic acids is 1. The summed E-state index contributed by atoms with van der Waals surface area (Å²) in [6.07, 6.45) is 4.73. The largest absolute Gasteiger partial charge is 0.481 e. The van der Waals surface area contributed by atoms with Crippen LogP contribution < -0.4 is 10.1 Å². The molecule has 3 heteroatoms. The molecule has 3 nitrogen and oxygen atoms in total. The van der Waals surface area contributed by atoms with Crippen molar-refractivity contribution >= 4 is 5.91 Å². The molecule has 1 aliphatic carbocycles. The van der Waals surface area contributed by atoms with Crippen LogP contribution in [0.15, 0.2) is 42.5 Å². The summed E-state index contributed by atoms with van der Waals surface area (Å²) in [5, 5.41) is 3.12. The van der Waals surface area contributed by atoms with E-state index >= 15 is 0 Å². The van der Waals surface area contributed by atoms with Crippen LogP contribution >= 0.6 is 0 Å². The van der Waals surface area contributed by atoms with E-state index in [4.69, 9.17) is 4.74 Å². The summed E-state index contributed by atoms with van der Waals surface area (Å²) in [6.45, 7) is 6.14. The molecule has 2 aromatic rings. The topological polar surface area (TPSA) is 38.3 Å². The van der Waals surface area contributed by atoms with Crippen molar-refractivity contribution < 1.29 is 9.53 Å². The van der Waals surface area contributed by atoms with E-state index in [1.165, 1.54) is 35.1 Å². The first kappa shape index (κ1) is 18.5. The molecule has 0 fully saturated rings. The molecule has 1 aliphatic rings. The van der Waals surface area contributed by atoms with Crippen molar-refractivity contribution in [1.82, 2.24) is 5.32 Å². The number of nitrogens with one attached hydrogen (secondary N) is 1. The Labute approximate surface area is 156 Å². The SMILES string of the molecule is CCc1ccc(O[C@H](CC)C(=O)N[C@H](C)c2ccc3c(c2)CCC3)cc1. The van der Waals surface area contributed by atoms with Gasteiger partial charge >= 0.3 is 0 Å². The zero-order chi connectivity index (χ0) is 18.5. The molecular weight excluding hydrogens is 322 g/mol. The van der Waals surface area contributed by atoms with Crippen LogP contribution in [0.25, 0.3) is 0 Å². The lowest BCUT2D eigenvalue weighted by Crippen LogP contribution is -2.39. The molecule has 1 amide bonds. The molecular formula is C23H29NO2. The van der Waals surface area contributed by atoms with Gasteiger partial charge in [-0.05, 0) is 73.4 Å². The third-order valence-electron chi connectivity index (χ3n) is 5.25. The Hall–Kier alpha value is -2.29. The Bertz CT molecular complexity index is 751. The van der Waals surface area contributed by atoms with Crippen LogP contribution in [0.3, 0.4) is 0 Å². The van der Waals surface area contributed by atoms with E-state index in [1.54, 1.807) is 0 Å². The molecule has 0 unspecified atom stereocenters. The van der Waals surface area contributed by atoms with E-state index in [0.29, 0.717) is 6.42 Å². The number of rotatable bonds is 7. The number of hydrogen-bond acceptors (Lipinski definition) is 2. The highest BCUT2D eigenvalue weighted by Crippen LogP contribution is 2.25. The molecule has 0 saturated carbocycles. The highest BCUT2D eigenvalue weighted by molar-refractivity contribution is 5.81. The maximum atomic E-state index is 12.7. The van der Waals surface area contributed by atoms with Crippen LogP contribution in [0.1, 0.15) is 61.9 Å². The first-order valence-electron chi connectivity index (χ1n) is 9.78. The Morgan fingerprint density at radius 1 is 1.08 bits per heavy atom. The zero-order valence-corrected chi connectivity index (χ0v) is 16.0. The molecule has 2 atom stereocenters. The lowest BCUT2D eigenvalue weighted by atomic mass is 10.0. The van der Waals surface area contributed by atoms with Gasteiger partial charge in [0, 0.05) is 0 Å². The lowest BCUT2D eigenvalue weighted by Gasteiger charge is -2.21. The Kier molecular flexibility index (Phi) is 5.97. The second-order valence-corrected chi connectivity index (χ2v) is 7.12. The quantitative estimate of drug-likeness (QED) is 0.780. The van der Waals surface area contributed by atoms with Crippen molar-refractivity contribution in [3.8, 4) is 5.75 Å². The van der Waals surface area contributed by atoms with Crippen LogP contribution in [0.2, 0.25) is 0 Å². The second-order valence-electron chi connectivity index (χ2n) is 7.12. The normalized spacial score (nSPS) is 15.2. The fraction of sp³-hybridized carbons (Fsp3) is 0.435. The van der Waals surface area contributed by atoms with Gasteiger partial charge in [0.25, 0.3) is 5.91 Å². The molecule has 0 saturated heterocycles. The molecule has 2 aromatic carbocycles.